The number of nitrogens with zero attached hydrogens (tertiary/aromatic N) is 3. The number of urea groups is 1. The van der Waals surface area contributed by atoms with Crippen LogP contribution in [0.3, 0.4) is 0 Å². The van der Waals surface area contributed by atoms with Crippen molar-refractivity contribution in [1.29, 1.82) is 0 Å². The van der Waals surface area contributed by atoms with Gasteiger partial charge in [-0.2, -0.15) is 0 Å². The first-order chi connectivity index (χ1) is 6.15. The molecular formula is C7H11N4OSe. The van der Waals surface area contributed by atoms with Gasteiger partial charge in [0.15, 0.2) is 0 Å². The van der Waals surface area contributed by atoms with E-state index in [9.17, 15) is 4.79 Å². The molecule has 2 amide bonds. The van der Waals surface area contributed by atoms with E-state index in [-0.39, 0.29) is 18.4 Å². The van der Waals surface area contributed by atoms with E-state index in [4.69, 9.17) is 0 Å². The van der Waals surface area contributed by atoms with Gasteiger partial charge in [-0.1, -0.05) is 0 Å². The number of fused-ring (bicyclic) bond motifs is 1. The second kappa shape index (κ2) is 2.89. The molecule has 2 unspecified atom stereocenters. The number of amides is 2. The molecular weight excluding hydrogens is 235 g/mol. The van der Waals surface area contributed by atoms with Crippen LogP contribution in [0.1, 0.15) is 6.92 Å². The number of rotatable bonds is 1. The van der Waals surface area contributed by atoms with Gasteiger partial charge in [-0.3, -0.25) is 0 Å². The first-order valence-corrected chi connectivity index (χ1v) is 5.05. The van der Waals surface area contributed by atoms with E-state index in [0.717, 1.165) is 4.73 Å². The molecule has 5 nitrogen and oxygen atoms in total. The number of hydrogen-bond donors (Lipinski definition) is 1. The predicted octanol–water partition coefficient (Wildman–Crippen LogP) is -0.846. The second-order valence-electron chi connectivity index (χ2n) is 3.12. The van der Waals surface area contributed by atoms with Crippen molar-refractivity contribution >= 4 is 26.8 Å². The zero-order valence-electron chi connectivity index (χ0n) is 7.52. The minimum atomic E-state index is -0.0567. The van der Waals surface area contributed by atoms with Gasteiger partial charge in [0.2, 0.25) is 0 Å². The molecule has 0 aromatic carbocycles. The Hall–Kier alpha value is -0.741. The van der Waals surface area contributed by atoms with Crippen LogP contribution < -0.4 is 5.32 Å². The molecule has 0 bridgehead atoms. The number of nitrogens with one attached hydrogen (secondary N) is 1. The summed E-state index contributed by atoms with van der Waals surface area (Å²) < 4.78 is 0.855. The molecule has 2 atom stereocenters. The summed E-state index contributed by atoms with van der Waals surface area (Å²) in [6.07, 6.45) is -0.0533. The van der Waals surface area contributed by atoms with Crippen molar-refractivity contribution in [2.45, 2.75) is 19.3 Å². The van der Waals surface area contributed by atoms with Crippen molar-refractivity contribution in [2.24, 2.45) is 4.99 Å². The average molecular weight is 246 g/mol. The summed E-state index contributed by atoms with van der Waals surface area (Å²) in [5.74, 6) is 0. The van der Waals surface area contributed by atoms with Gasteiger partial charge in [0, 0.05) is 0 Å². The Bertz CT molecular complexity index is 280. The summed E-state index contributed by atoms with van der Waals surface area (Å²) in [7, 11) is 1.92. The molecule has 13 heavy (non-hydrogen) atoms. The first-order valence-electron chi connectivity index (χ1n) is 4.20. The van der Waals surface area contributed by atoms with Gasteiger partial charge < -0.3 is 0 Å². The normalized spacial score (nSPS) is 31.8. The molecule has 0 spiro atoms. The second-order valence-corrected chi connectivity index (χ2v) is 3.88. The Morgan fingerprint density at radius 2 is 2.38 bits per heavy atom. The van der Waals surface area contributed by atoms with Crippen molar-refractivity contribution < 1.29 is 4.79 Å². The topological polar surface area (TPSA) is 47.9 Å². The number of likely N-dealkylation sites (N-methyl/N-ethyl adjacent to an activating group) is 2. The summed E-state index contributed by atoms with van der Waals surface area (Å²) >= 11 is 2.87. The van der Waals surface area contributed by atoms with E-state index in [0.29, 0.717) is 6.54 Å². The SMILES string of the molecule is CCN1C(=O)NC2C1N=C([Se])N2C. The van der Waals surface area contributed by atoms with Crippen LogP contribution in [0.5, 0.6) is 0 Å². The number of hydrogen-bond acceptors (Lipinski definition) is 3. The molecule has 1 N–H and O–H groups in total. The van der Waals surface area contributed by atoms with Crippen molar-refractivity contribution in [2.75, 3.05) is 13.6 Å². The third-order valence-corrected chi connectivity index (χ3v) is 3.26. The Balaban J connectivity index is 2.26. The van der Waals surface area contributed by atoms with Crippen molar-refractivity contribution in [1.82, 2.24) is 15.1 Å². The third kappa shape index (κ3) is 1.13. The fourth-order valence-electron chi connectivity index (χ4n) is 1.67. The van der Waals surface area contributed by atoms with Gasteiger partial charge in [0.1, 0.15) is 0 Å². The summed E-state index contributed by atoms with van der Waals surface area (Å²) in [5.41, 5.74) is 0. The molecule has 2 aliphatic heterocycles. The minimum absolute atomic E-state index is 0.00343. The van der Waals surface area contributed by atoms with E-state index in [2.05, 4.69) is 26.3 Å². The zero-order chi connectivity index (χ0) is 9.59. The van der Waals surface area contributed by atoms with E-state index in [1.54, 1.807) is 4.90 Å². The van der Waals surface area contributed by atoms with Crippen LogP contribution in [0, 0.1) is 0 Å². The van der Waals surface area contributed by atoms with Crippen LogP contribution >= 0.6 is 0 Å². The van der Waals surface area contributed by atoms with E-state index in [1.165, 1.54) is 0 Å². The molecule has 0 aromatic rings. The van der Waals surface area contributed by atoms with Crippen LogP contribution in [0.25, 0.3) is 0 Å². The zero-order valence-corrected chi connectivity index (χ0v) is 9.23. The van der Waals surface area contributed by atoms with Crippen LogP contribution in [0.2, 0.25) is 0 Å². The predicted molar refractivity (Wildman–Crippen MR) is 49.4 cm³/mol. The number of carbonyl (C=O) groups is 1. The van der Waals surface area contributed by atoms with Gasteiger partial charge >= 0.3 is 84.5 Å². The molecule has 6 heteroatoms. The Labute approximate surface area is 85.0 Å². The van der Waals surface area contributed by atoms with Crippen molar-refractivity contribution in [3.8, 4) is 0 Å². The number of carbonyl (C=O) groups excluding carboxylic acids is 1. The maximum absolute atomic E-state index is 11.4. The van der Waals surface area contributed by atoms with Crippen LogP contribution in [-0.4, -0.2) is 62.5 Å². The van der Waals surface area contributed by atoms with Gasteiger partial charge in [-0.25, -0.2) is 0 Å². The van der Waals surface area contributed by atoms with E-state index >= 15 is 0 Å². The molecule has 71 valence electrons. The van der Waals surface area contributed by atoms with Gasteiger partial charge in [-0.05, 0) is 0 Å². The first kappa shape index (κ1) is 8.84. The molecule has 1 radical (unpaired) electrons. The standard InChI is InChI=1S/C7H11N4OSe/c1-3-11-5-4(8-6(11)12)10(2)7(13)9-5/h4-5H,3H2,1-2H3,(H,8,12). The Morgan fingerprint density at radius 1 is 1.69 bits per heavy atom. The number of amidine groups is 1. The van der Waals surface area contributed by atoms with Crippen LogP contribution in [-0.2, 0) is 0 Å². The van der Waals surface area contributed by atoms with E-state index in [1.807, 2.05) is 18.9 Å². The molecule has 1 saturated heterocycles. The van der Waals surface area contributed by atoms with Gasteiger partial charge in [0.05, 0.1) is 0 Å². The summed E-state index contributed by atoms with van der Waals surface area (Å²) in [6, 6.07) is -0.0272. The molecule has 0 saturated carbocycles. The quantitative estimate of drug-likeness (QED) is 0.613. The average Bonchev–Trinajstić information content (AvgIpc) is 2.52. The fourth-order valence-corrected chi connectivity index (χ4v) is 2.13. The summed E-state index contributed by atoms with van der Waals surface area (Å²) in [6.45, 7) is 2.65. The van der Waals surface area contributed by atoms with Crippen LogP contribution in [0.4, 0.5) is 4.79 Å². The molecule has 2 rings (SSSR count). The molecule has 0 aromatic heterocycles. The van der Waals surface area contributed by atoms with Crippen LogP contribution in [0.15, 0.2) is 4.99 Å². The monoisotopic (exact) mass is 247 g/mol. The Kier molecular flexibility index (Phi) is 1.96. The number of aliphatic imine (C=N–C) groups is 1. The van der Waals surface area contributed by atoms with Gasteiger partial charge in [0.25, 0.3) is 0 Å². The molecule has 0 aliphatic carbocycles. The van der Waals surface area contributed by atoms with E-state index < -0.39 is 0 Å². The van der Waals surface area contributed by atoms with Crippen molar-refractivity contribution in [3.63, 3.8) is 0 Å². The maximum atomic E-state index is 11.4. The molecule has 2 aliphatic rings. The third-order valence-electron chi connectivity index (χ3n) is 2.44. The Morgan fingerprint density at radius 3 is 3.00 bits per heavy atom. The molecule has 2 heterocycles. The summed E-state index contributed by atoms with van der Waals surface area (Å²) in [5, 5.41) is 2.88. The van der Waals surface area contributed by atoms with Gasteiger partial charge in [-0.15, -0.1) is 0 Å². The fraction of sp³-hybridized carbons (Fsp3) is 0.714. The van der Waals surface area contributed by atoms with Crippen molar-refractivity contribution in [3.05, 3.63) is 0 Å². The summed E-state index contributed by atoms with van der Waals surface area (Å²) in [4.78, 5) is 19.4. The molecule has 1 fully saturated rings.